The summed E-state index contributed by atoms with van der Waals surface area (Å²) in [5.41, 5.74) is 7.00. The molecule has 20 heavy (non-hydrogen) atoms. The zero-order chi connectivity index (χ0) is 15.0. The molecule has 1 aromatic rings. The number of carbonyl (C=O) groups is 1. The number of amides is 1. The first-order valence-electron chi connectivity index (χ1n) is 6.43. The average Bonchev–Trinajstić information content (AvgIpc) is 2.47. The van der Waals surface area contributed by atoms with E-state index in [1.54, 1.807) is 36.0 Å². The van der Waals surface area contributed by atoms with Crippen LogP contribution in [0.5, 0.6) is 0 Å². The zero-order valence-corrected chi connectivity index (χ0v) is 12.6. The van der Waals surface area contributed by atoms with Crippen LogP contribution in [0, 0.1) is 0 Å². The second-order valence-corrected chi connectivity index (χ2v) is 5.82. The van der Waals surface area contributed by atoms with E-state index in [2.05, 4.69) is 23.7 Å². The second kappa shape index (κ2) is 8.47. The van der Waals surface area contributed by atoms with Gasteiger partial charge in [-0.05, 0) is 18.2 Å². The van der Waals surface area contributed by atoms with Crippen molar-refractivity contribution in [2.75, 3.05) is 12.8 Å². The quantitative estimate of drug-likeness (QED) is 0.308. The molecule has 0 heterocycles. The van der Waals surface area contributed by atoms with Gasteiger partial charge < -0.3 is 16.3 Å². The standard InChI is InChI=1S/C14H21N3O2S/c1-10(20-2)7-8-16-13(18)9-11-3-5-12(6-4-11)14(15)17-19/h3-6,10,19H,7-9H2,1-2H3,(H2,15,17)(H,16,18). The van der Waals surface area contributed by atoms with Crippen LogP contribution in [0.4, 0.5) is 0 Å². The highest BCUT2D eigenvalue weighted by Gasteiger charge is 2.05. The van der Waals surface area contributed by atoms with E-state index in [0.717, 1.165) is 12.0 Å². The van der Waals surface area contributed by atoms with E-state index in [-0.39, 0.29) is 11.7 Å². The van der Waals surface area contributed by atoms with E-state index in [0.29, 0.717) is 23.8 Å². The highest BCUT2D eigenvalue weighted by molar-refractivity contribution is 7.99. The first-order chi connectivity index (χ1) is 9.56. The summed E-state index contributed by atoms with van der Waals surface area (Å²) in [6.45, 7) is 2.84. The minimum Gasteiger partial charge on any atom is -0.409 e. The lowest BCUT2D eigenvalue weighted by Crippen LogP contribution is -2.27. The van der Waals surface area contributed by atoms with E-state index >= 15 is 0 Å². The van der Waals surface area contributed by atoms with Gasteiger partial charge in [-0.15, -0.1) is 0 Å². The molecule has 1 atom stereocenters. The Bertz CT molecular complexity index is 460. The summed E-state index contributed by atoms with van der Waals surface area (Å²) in [6, 6.07) is 7.07. The maximum Gasteiger partial charge on any atom is 0.224 e. The number of hydrogen-bond donors (Lipinski definition) is 3. The molecule has 0 spiro atoms. The summed E-state index contributed by atoms with van der Waals surface area (Å²) in [5.74, 6) is 0.0712. The van der Waals surface area contributed by atoms with Crippen molar-refractivity contribution in [3.63, 3.8) is 0 Å². The lowest BCUT2D eigenvalue weighted by Gasteiger charge is -2.09. The molecule has 4 N–H and O–H groups in total. The minimum atomic E-state index is 0.00912. The number of nitrogens with zero attached hydrogens (tertiary/aromatic N) is 1. The Morgan fingerprint density at radius 1 is 1.45 bits per heavy atom. The van der Waals surface area contributed by atoms with Gasteiger partial charge in [-0.3, -0.25) is 4.79 Å². The molecule has 6 heteroatoms. The van der Waals surface area contributed by atoms with Gasteiger partial charge in [0, 0.05) is 17.4 Å². The first kappa shape index (κ1) is 16.4. The molecule has 0 aliphatic heterocycles. The fourth-order valence-electron chi connectivity index (χ4n) is 1.63. The van der Waals surface area contributed by atoms with Crippen LogP contribution in [-0.2, 0) is 11.2 Å². The second-order valence-electron chi connectivity index (χ2n) is 4.54. The van der Waals surface area contributed by atoms with E-state index < -0.39 is 0 Å². The molecule has 1 rings (SSSR count). The average molecular weight is 295 g/mol. The summed E-state index contributed by atoms with van der Waals surface area (Å²) in [7, 11) is 0. The Morgan fingerprint density at radius 2 is 2.10 bits per heavy atom. The van der Waals surface area contributed by atoms with Crippen LogP contribution < -0.4 is 11.1 Å². The number of thioether (sulfide) groups is 1. The number of oxime groups is 1. The Labute approximate surface area is 123 Å². The van der Waals surface area contributed by atoms with Gasteiger partial charge in [-0.1, -0.05) is 36.3 Å². The summed E-state index contributed by atoms with van der Waals surface area (Å²) >= 11 is 1.79. The molecule has 0 saturated carbocycles. The zero-order valence-electron chi connectivity index (χ0n) is 11.8. The molecule has 0 aliphatic carbocycles. The van der Waals surface area contributed by atoms with Gasteiger partial charge in [0.1, 0.15) is 0 Å². The van der Waals surface area contributed by atoms with E-state index in [1.807, 2.05) is 0 Å². The molecule has 1 aromatic carbocycles. The van der Waals surface area contributed by atoms with Gasteiger partial charge in [0.15, 0.2) is 5.84 Å². The fraction of sp³-hybridized carbons (Fsp3) is 0.429. The lowest BCUT2D eigenvalue weighted by atomic mass is 10.1. The third-order valence-corrected chi connectivity index (χ3v) is 4.04. The largest absolute Gasteiger partial charge is 0.409 e. The molecule has 5 nitrogen and oxygen atoms in total. The van der Waals surface area contributed by atoms with Crippen molar-refractivity contribution in [2.45, 2.75) is 25.0 Å². The van der Waals surface area contributed by atoms with Crippen molar-refractivity contribution in [3.05, 3.63) is 35.4 Å². The Hall–Kier alpha value is -1.69. The van der Waals surface area contributed by atoms with E-state index in [4.69, 9.17) is 10.9 Å². The third-order valence-electron chi connectivity index (χ3n) is 3.00. The predicted molar refractivity (Wildman–Crippen MR) is 83.3 cm³/mol. The Balaban J connectivity index is 2.42. The van der Waals surface area contributed by atoms with Gasteiger partial charge in [-0.2, -0.15) is 11.8 Å². The molecule has 0 fully saturated rings. The van der Waals surface area contributed by atoms with Crippen LogP contribution in [0.3, 0.4) is 0 Å². The van der Waals surface area contributed by atoms with Gasteiger partial charge in [0.25, 0.3) is 0 Å². The van der Waals surface area contributed by atoms with Gasteiger partial charge >= 0.3 is 0 Å². The van der Waals surface area contributed by atoms with Crippen molar-refractivity contribution in [2.24, 2.45) is 10.9 Å². The number of nitrogens with one attached hydrogen (secondary N) is 1. The smallest absolute Gasteiger partial charge is 0.224 e. The van der Waals surface area contributed by atoms with Crippen molar-refractivity contribution in [1.29, 1.82) is 0 Å². The predicted octanol–water partition coefficient (Wildman–Crippen LogP) is 1.58. The van der Waals surface area contributed by atoms with Crippen LogP contribution in [-0.4, -0.2) is 35.0 Å². The lowest BCUT2D eigenvalue weighted by molar-refractivity contribution is -0.120. The van der Waals surface area contributed by atoms with Crippen molar-refractivity contribution < 1.29 is 10.0 Å². The number of nitrogens with two attached hydrogens (primary N) is 1. The molecule has 110 valence electrons. The highest BCUT2D eigenvalue weighted by atomic mass is 32.2. The first-order valence-corrected chi connectivity index (χ1v) is 7.72. The van der Waals surface area contributed by atoms with Gasteiger partial charge in [0.05, 0.1) is 6.42 Å². The van der Waals surface area contributed by atoms with Crippen molar-refractivity contribution in [1.82, 2.24) is 5.32 Å². The number of benzene rings is 1. The van der Waals surface area contributed by atoms with Gasteiger partial charge in [0.2, 0.25) is 5.91 Å². The molecule has 0 radical (unpaired) electrons. The topological polar surface area (TPSA) is 87.7 Å². The maximum absolute atomic E-state index is 11.8. The number of carbonyl (C=O) groups excluding carboxylic acids is 1. The Morgan fingerprint density at radius 3 is 2.65 bits per heavy atom. The van der Waals surface area contributed by atoms with Crippen LogP contribution in [0.1, 0.15) is 24.5 Å². The number of amidine groups is 1. The number of hydrogen-bond acceptors (Lipinski definition) is 4. The SMILES string of the molecule is CSC(C)CCNC(=O)Cc1ccc(/C(N)=N/O)cc1. The molecule has 1 amide bonds. The monoisotopic (exact) mass is 295 g/mol. The highest BCUT2D eigenvalue weighted by Crippen LogP contribution is 2.08. The molecular weight excluding hydrogens is 274 g/mol. The molecule has 1 unspecified atom stereocenters. The van der Waals surface area contributed by atoms with Crippen LogP contribution in [0.15, 0.2) is 29.4 Å². The molecule has 0 bridgehead atoms. The van der Waals surface area contributed by atoms with E-state index in [9.17, 15) is 4.79 Å². The third kappa shape index (κ3) is 5.52. The molecule has 0 saturated heterocycles. The molecular formula is C14H21N3O2S. The van der Waals surface area contributed by atoms with Crippen LogP contribution in [0.25, 0.3) is 0 Å². The summed E-state index contributed by atoms with van der Waals surface area (Å²) in [5, 5.41) is 14.9. The van der Waals surface area contributed by atoms with Gasteiger partial charge in [-0.25, -0.2) is 0 Å². The summed E-state index contributed by atoms with van der Waals surface area (Å²) in [6.07, 6.45) is 3.37. The minimum absolute atomic E-state index is 0.00912. The number of rotatable bonds is 7. The van der Waals surface area contributed by atoms with Crippen LogP contribution >= 0.6 is 11.8 Å². The van der Waals surface area contributed by atoms with E-state index in [1.165, 1.54) is 0 Å². The molecule has 0 aromatic heterocycles. The normalized spacial score (nSPS) is 13.0. The molecule has 0 aliphatic rings. The summed E-state index contributed by atoms with van der Waals surface area (Å²) < 4.78 is 0. The Kier molecular flexibility index (Phi) is 6.93. The van der Waals surface area contributed by atoms with Crippen molar-refractivity contribution >= 4 is 23.5 Å². The van der Waals surface area contributed by atoms with Crippen molar-refractivity contribution in [3.8, 4) is 0 Å². The maximum atomic E-state index is 11.8. The fourth-order valence-corrected chi connectivity index (χ4v) is 1.99. The van der Waals surface area contributed by atoms with Crippen LogP contribution in [0.2, 0.25) is 0 Å². The summed E-state index contributed by atoms with van der Waals surface area (Å²) in [4.78, 5) is 11.8.